The second kappa shape index (κ2) is 10.5. The predicted octanol–water partition coefficient (Wildman–Crippen LogP) is 1.09. The maximum absolute atomic E-state index is 12.9. The number of benzene rings is 1. The van der Waals surface area contributed by atoms with E-state index in [-0.39, 0.29) is 43.0 Å². The summed E-state index contributed by atoms with van der Waals surface area (Å²) in [7, 11) is 3.55. The van der Waals surface area contributed by atoms with Crippen LogP contribution >= 0.6 is 24.8 Å². The zero-order valence-corrected chi connectivity index (χ0v) is 22.8. The first-order valence-corrected chi connectivity index (χ1v) is 11.9. The molecule has 38 heavy (non-hydrogen) atoms. The lowest BCUT2D eigenvalue weighted by atomic mass is 9.50. The average Bonchev–Trinajstić information content (AvgIpc) is 3.18. The van der Waals surface area contributed by atoms with E-state index >= 15 is 0 Å². The molecule has 0 unspecified atom stereocenters. The van der Waals surface area contributed by atoms with Crippen LogP contribution in [0.15, 0.2) is 24.0 Å². The summed E-state index contributed by atoms with van der Waals surface area (Å²) < 4.78 is 22.7. The second-order valence-electron chi connectivity index (χ2n) is 9.99. The SMILES string of the molecule is COc1ccc2c3c1O[C@H]1C(OC(=O)[C@H](C)OC(=O)C[C@H](N)C(=O)O)=CC[C@@]4(O)[C@H](C2)N(C)CC[C@]314.Cl.Cl. The number of halogens is 2. The molecule has 2 aliphatic heterocycles. The number of hydrogen-bond acceptors (Lipinski definition) is 10. The van der Waals surface area contributed by atoms with Gasteiger partial charge in [-0.25, -0.2) is 4.79 Å². The number of ether oxygens (including phenoxy) is 4. The Morgan fingerprint density at radius 3 is 2.66 bits per heavy atom. The molecule has 0 radical (unpaired) electrons. The highest BCUT2D eigenvalue weighted by molar-refractivity contribution is 5.86. The number of carbonyl (C=O) groups is 3. The number of nitrogens with two attached hydrogens (primary N) is 1. The highest BCUT2D eigenvalue weighted by Crippen LogP contribution is 2.65. The van der Waals surface area contributed by atoms with E-state index in [1.807, 2.05) is 19.2 Å². The van der Waals surface area contributed by atoms with Crippen molar-refractivity contribution in [3.8, 4) is 11.5 Å². The predicted molar refractivity (Wildman–Crippen MR) is 138 cm³/mol. The van der Waals surface area contributed by atoms with E-state index in [0.29, 0.717) is 24.3 Å². The topological polar surface area (TPSA) is 158 Å². The van der Waals surface area contributed by atoms with Gasteiger partial charge in [0.1, 0.15) is 11.8 Å². The number of piperidine rings is 1. The van der Waals surface area contributed by atoms with Crippen molar-refractivity contribution in [3.05, 3.63) is 35.1 Å². The Bertz CT molecular complexity index is 1180. The van der Waals surface area contributed by atoms with Crippen molar-refractivity contribution in [3.63, 3.8) is 0 Å². The monoisotopic (exact) mass is 574 g/mol. The Balaban J connectivity index is 0.00000200. The average molecular weight is 575 g/mol. The highest BCUT2D eigenvalue weighted by Gasteiger charge is 2.72. The molecule has 210 valence electrons. The van der Waals surface area contributed by atoms with E-state index in [4.69, 9.17) is 29.8 Å². The van der Waals surface area contributed by atoms with Crippen LogP contribution in [0, 0.1) is 0 Å². The molecule has 4 aliphatic rings. The Kier molecular flexibility index (Phi) is 8.31. The molecule has 0 aromatic heterocycles. The van der Waals surface area contributed by atoms with Crippen molar-refractivity contribution in [2.24, 2.45) is 5.73 Å². The molecule has 1 saturated heterocycles. The van der Waals surface area contributed by atoms with Crippen LogP contribution in [-0.4, -0.2) is 83.6 Å². The van der Waals surface area contributed by atoms with Gasteiger partial charge < -0.3 is 39.8 Å². The Hall–Kier alpha value is -2.57. The summed E-state index contributed by atoms with van der Waals surface area (Å²) in [5.74, 6) is -1.79. The number of hydrogen-bond donors (Lipinski definition) is 3. The maximum atomic E-state index is 12.9. The standard InChI is InChI=1S/C25H30N2O9.2ClH/c1-12(34-18(28)11-14(26)22(29)30)23(31)35-16-6-7-25(32)17-10-13-4-5-15(33-3)20-19(13)24(25,21(16)36-20)8-9-27(17)2;;/h4-6,12,14,17,21,32H,7-11,26H2,1-3H3,(H,29,30);2*1H/t12-,14-,17-,21-,24-,25+;;/m0../s1. The van der Waals surface area contributed by atoms with Crippen molar-refractivity contribution in [2.75, 3.05) is 20.7 Å². The lowest BCUT2D eigenvalue weighted by Crippen LogP contribution is -2.74. The number of likely N-dealkylation sites (tertiary alicyclic amines) is 1. The number of aliphatic carboxylic acids is 1. The van der Waals surface area contributed by atoms with Gasteiger partial charge in [-0.15, -0.1) is 24.8 Å². The third-order valence-corrected chi connectivity index (χ3v) is 8.12. The van der Waals surface area contributed by atoms with Gasteiger partial charge in [-0.3, -0.25) is 9.59 Å². The number of esters is 2. The molecule has 0 amide bonds. The summed E-state index contributed by atoms with van der Waals surface area (Å²) in [6.45, 7) is 2.06. The Morgan fingerprint density at radius 1 is 1.29 bits per heavy atom. The molecule has 2 heterocycles. The molecule has 0 saturated carbocycles. The fourth-order valence-electron chi connectivity index (χ4n) is 6.35. The number of carbonyl (C=O) groups excluding carboxylic acids is 2. The van der Waals surface area contributed by atoms with Gasteiger partial charge in [-0.2, -0.15) is 0 Å². The minimum absolute atomic E-state index is 0. The summed E-state index contributed by atoms with van der Waals surface area (Å²) in [6, 6.07) is 2.28. The van der Waals surface area contributed by atoms with E-state index in [2.05, 4.69) is 4.90 Å². The molecule has 2 aliphatic carbocycles. The van der Waals surface area contributed by atoms with Crippen LogP contribution in [0.2, 0.25) is 0 Å². The van der Waals surface area contributed by atoms with E-state index < -0.39 is 53.6 Å². The minimum atomic E-state index is -1.43. The minimum Gasteiger partial charge on any atom is -0.493 e. The lowest BCUT2D eigenvalue weighted by Gasteiger charge is -2.61. The van der Waals surface area contributed by atoms with Gasteiger partial charge >= 0.3 is 17.9 Å². The van der Waals surface area contributed by atoms with Crippen LogP contribution < -0.4 is 15.2 Å². The molecule has 2 bridgehead atoms. The van der Waals surface area contributed by atoms with E-state index in [1.54, 1.807) is 13.2 Å². The molecule has 4 N–H and O–H groups in total. The van der Waals surface area contributed by atoms with E-state index in [1.165, 1.54) is 6.92 Å². The molecule has 1 aromatic rings. The van der Waals surface area contributed by atoms with Gasteiger partial charge in [-0.1, -0.05) is 6.07 Å². The zero-order valence-electron chi connectivity index (χ0n) is 21.2. The summed E-state index contributed by atoms with van der Waals surface area (Å²) in [5, 5.41) is 21.0. The number of nitrogens with zero attached hydrogens (tertiary/aromatic N) is 1. The first kappa shape index (κ1) is 30.0. The normalized spacial score (nSPS) is 29.7. The smallest absolute Gasteiger partial charge is 0.352 e. The molecule has 6 atom stereocenters. The van der Waals surface area contributed by atoms with Crippen LogP contribution in [0.4, 0.5) is 0 Å². The van der Waals surface area contributed by atoms with E-state index in [9.17, 15) is 19.5 Å². The first-order valence-electron chi connectivity index (χ1n) is 11.9. The molecule has 13 heteroatoms. The van der Waals surface area contributed by atoms with Gasteiger partial charge in [0.2, 0.25) is 0 Å². The first-order chi connectivity index (χ1) is 17.0. The van der Waals surface area contributed by atoms with Gasteiger partial charge in [-0.05, 0) is 51.1 Å². The molecule has 1 fully saturated rings. The third-order valence-electron chi connectivity index (χ3n) is 8.12. The van der Waals surface area contributed by atoms with Gasteiger partial charge in [0, 0.05) is 18.0 Å². The van der Waals surface area contributed by atoms with Crippen molar-refractivity contribution in [2.45, 2.75) is 67.9 Å². The number of likely N-dealkylation sites (N-methyl/N-ethyl adjacent to an activating group) is 1. The molecule has 11 nitrogen and oxygen atoms in total. The highest BCUT2D eigenvalue weighted by atomic mass is 35.5. The number of aliphatic hydroxyl groups is 1. The van der Waals surface area contributed by atoms with Crippen LogP contribution in [0.25, 0.3) is 0 Å². The van der Waals surface area contributed by atoms with Crippen molar-refractivity contribution >= 4 is 42.7 Å². The largest absolute Gasteiger partial charge is 0.493 e. The summed E-state index contributed by atoms with van der Waals surface area (Å²) in [6.07, 6.45) is 0.512. The van der Waals surface area contributed by atoms with Crippen molar-refractivity contribution in [1.82, 2.24) is 4.90 Å². The van der Waals surface area contributed by atoms with Crippen LogP contribution in [0.3, 0.4) is 0 Å². The molecule has 1 spiro atoms. The quantitative estimate of drug-likeness (QED) is 0.400. The second-order valence-corrected chi connectivity index (χ2v) is 9.99. The number of methoxy groups -OCH3 is 1. The molecule has 5 rings (SSSR count). The molecular formula is C25H32Cl2N2O9. The zero-order chi connectivity index (χ0) is 26.0. The number of carboxylic acid groups (broad SMARTS) is 1. The van der Waals surface area contributed by atoms with Gasteiger partial charge in [0.05, 0.1) is 24.5 Å². The number of rotatable bonds is 7. The van der Waals surface area contributed by atoms with Crippen LogP contribution in [0.5, 0.6) is 11.5 Å². The van der Waals surface area contributed by atoms with Crippen LogP contribution in [-0.2, 0) is 35.7 Å². The number of carboxylic acids is 1. The Morgan fingerprint density at radius 2 is 2.00 bits per heavy atom. The lowest BCUT2D eigenvalue weighted by molar-refractivity contribution is -0.175. The van der Waals surface area contributed by atoms with Crippen molar-refractivity contribution < 1.29 is 43.5 Å². The summed E-state index contributed by atoms with van der Waals surface area (Å²) in [5.41, 5.74) is 5.36. The fraction of sp³-hybridized carbons (Fsp3) is 0.560. The van der Waals surface area contributed by atoms with Crippen LogP contribution in [0.1, 0.15) is 37.3 Å². The molecular weight excluding hydrogens is 543 g/mol. The summed E-state index contributed by atoms with van der Waals surface area (Å²) >= 11 is 0. The van der Waals surface area contributed by atoms with Gasteiger partial charge in [0.15, 0.2) is 23.7 Å². The van der Waals surface area contributed by atoms with Crippen molar-refractivity contribution in [1.29, 1.82) is 0 Å². The molecule has 1 aromatic carbocycles. The summed E-state index contributed by atoms with van der Waals surface area (Å²) in [4.78, 5) is 37.9. The maximum Gasteiger partial charge on any atom is 0.352 e. The Labute approximate surface area is 232 Å². The fourth-order valence-corrected chi connectivity index (χ4v) is 6.35. The van der Waals surface area contributed by atoms with Gasteiger partial charge in [0.25, 0.3) is 0 Å². The van der Waals surface area contributed by atoms with E-state index in [0.717, 1.165) is 17.7 Å². The third kappa shape index (κ3) is 4.21.